The van der Waals surface area contributed by atoms with Gasteiger partial charge in [0, 0.05) is 6.54 Å². The summed E-state index contributed by atoms with van der Waals surface area (Å²) in [5.41, 5.74) is 5.21. The Bertz CT molecular complexity index is 1070. The number of nitrogens with one attached hydrogen (secondary N) is 2. The van der Waals surface area contributed by atoms with Crippen LogP contribution in [0.25, 0.3) is 0 Å². The zero-order chi connectivity index (χ0) is 20.9. The third-order valence-corrected chi connectivity index (χ3v) is 5.23. The second kappa shape index (κ2) is 8.98. The van der Waals surface area contributed by atoms with E-state index in [-0.39, 0.29) is 17.6 Å². The molecular formula is C23H20ClN3O3. The maximum absolute atomic E-state index is 11.6. The van der Waals surface area contributed by atoms with E-state index in [0.29, 0.717) is 23.1 Å². The number of carboxylic acids is 1. The standard InChI is InChI=1S/C23H20ClN3O3/c24-18-11-5-7-13-20(18)25-14-17-21(15-8-2-1-3-9-15)30-27-22(17)26-19-12-6-4-10-16(19)23(28)29/h1-13,17,21,25H,14H2,(H,26,27)(H,28,29). The molecule has 0 amide bonds. The number of hydrogen-bond acceptors (Lipinski definition) is 4. The molecule has 1 fully saturated rings. The second-order valence-electron chi connectivity index (χ2n) is 6.84. The molecule has 0 spiro atoms. The van der Waals surface area contributed by atoms with E-state index in [1.165, 1.54) is 6.07 Å². The van der Waals surface area contributed by atoms with Crippen molar-refractivity contribution in [2.75, 3.05) is 11.9 Å². The fourth-order valence-electron chi connectivity index (χ4n) is 3.38. The first-order valence-corrected chi connectivity index (χ1v) is 9.87. The number of carboxylic acid groups (broad SMARTS) is 1. The average Bonchev–Trinajstić information content (AvgIpc) is 3.16. The zero-order valence-electron chi connectivity index (χ0n) is 16.0. The minimum absolute atomic E-state index is 0.132. The third kappa shape index (κ3) is 4.30. The van der Waals surface area contributed by atoms with Crippen LogP contribution in [0.3, 0.4) is 0 Å². The molecule has 0 bridgehead atoms. The number of carbonyl (C=O) groups is 1. The molecule has 7 heteroatoms. The van der Waals surface area contributed by atoms with Crippen LogP contribution in [-0.4, -0.2) is 23.5 Å². The molecule has 0 saturated carbocycles. The lowest BCUT2D eigenvalue weighted by Gasteiger charge is -2.18. The summed E-state index contributed by atoms with van der Waals surface area (Å²) in [6, 6.07) is 24.0. The first-order valence-electron chi connectivity index (χ1n) is 9.49. The predicted octanol–water partition coefficient (Wildman–Crippen LogP) is 5.07. The first-order chi connectivity index (χ1) is 14.6. The van der Waals surface area contributed by atoms with E-state index in [0.717, 1.165) is 11.3 Å². The molecule has 0 aromatic heterocycles. The molecule has 0 aliphatic carbocycles. The Morgan fingerprint density at radius 1 is 1.03 bits per heavy atom. The van der Waals surface area contributed by atoms with Crippen LogP contribution in [0.15, 0.2) is 83.9 Å². The van der Waals surface area contributed by atoms with Crippen molar-refractivity contribution in [2.45, 2.75) is 6.10 Å². The average molecular weight is 422 g/mol. The van der Waals surface area contributed by atoms with Gasteiger partial charge in [-0.2, -0.15) is 0 Å². The van der Waals surface area contributed by atoms with Crippen molar-refractivity contribution in [3.05, 3.63) is 95.0 Å². The van der Waals surface area contributed by atoms with Crippen LogP contribution in [0.2, 0.25) is 5.02 Å². The molecule has 2 atom stereocenters. The van der Waals surface area contributed by atoms with E-state index < -0.39 is 5.97 Å². The number of aromatic carboxylic acids is 1. The Kier molecular flexibility index (Phi) is 5.97. The van der Waals surface area contributed by atoms with Crippen LogP contribution in [0, 0.1) is 5.92 Å². The number of nitrogens with zero attached hydrogens (tertiary/aromatic N) is 1. The first kappa shape index (κ1) is 19.9. The SMILES string of the molecule is O=C(O)c1ccccc1N=C1NOC(c2ccccc2)C1CNc1ccccc1Cl. The van der Waals surface area contributed by atoms with Crippen molar-refractivity contribution in [2.24, 2.45) is 10.9 Å². The highest BCUT2D eigenvalue weighted by Gasteiger charge is 2.36. The van der Waals surface area contributed by atoms with Crippen molar-refractivity contribution in [3.8, 4) is 0 Å². The third-order valence-electron chi connectivity index (χ3n) is 4.90. The van der Waals surface area contributed by atoms with Gasteiger partial charge in [0.15, 0.2) is 0 Å². The van der Waals surface area contributed by atoms with Gasteiger partial charge in [0.05, 0.1) is 27.9 Å². The van der Waals surface area contributed by atoms with Gasteiger partial charge in [-0.3, -0.25) is 10.3 Å². The van der Waals surface area contributed by atoms with Crippen LogP contribution in [0.5, 0.6) is 0 Å². The van der Waals surface area contributed by atoms with Crippen LogP contribution in [0.4, 0.5) is 11.4 Å². The summed E-state index contributed by atoms with van der Waals surface area (Å²) in [5, 5.41) is 13.4. The zero-order valence-corrected chi connectivity index (χ0v) is 16.7. The highest BCUT2D eigenvalue weighted by Crippen LogP contribution is 2.33. The minimum Gasteiger partial charge on any atom is -0.478 e. The summed E-state index contributed by atoms with van der Waals surface area (Å²) >= 11 is 6.28. The van der Waals surface area contributed by atoms with Gasteiger partial charge in [-0.1, -0.05) is 66.2 Å². The Morgan fingerprint density at radius 3 is 2.50 bits per heavy atom. The highest BCUT2D eigenvalue weighted by molar-refractivity contribution is 6.33. The van der Waals surface area contributed by atoms with Gasteiger partial charge in [0.1, 0.15) is 11.9 Å². The number of anilines is 1. The van der Waals surface area contributed by atoms with Crippen LogP contribution in [0.1, 0.15) is 22.0 Å². The molecule has 6 nitrogen and oxygen atoms in total. The fourth-order valence-corrected chi connectivity index (χ4v) is 3.59. The molecule has 30 heavy (non-hydrogen) atoms. The fraction of sp³-hybridized carbons (Fsp3) is 0.130. The van der Waals surface area contributed by atoms with E-state index in [4.69, 9.17) is 16.4 Å². The molecular weight excluding hydrogens is 402 g/mol. The maximum Gasteiger partial charge on any atom is 0.337 e. The molecule has 4 rings (SSSR count). The van der Waals surface area contributed by atoms with E-state index in [1.54, 1.807) is 18.2 Å². The molecule has 3 N–H and O–H groups in total. The van der Waals surface area contributed by atoms with Crippen LogP contribution < -0.4 is 10.8 Å². The van der Waals surface area contributed by atoms with Gasteiger partial charge in [-0.05, 0) is 29.8 Å². The van der Waals surface area contributed by atoms with E-state index in [2.05, 4.69) is 15.8 Å². The Hall–Kier alpha value is -3.35. The van der Waals surface area contributed by atoms with Gasteiger partial charge in [-0.15, -0.1) is 0 Å². The highest BCUT2D eigenvalue weighted by atomic mass is 35.5. The van der Waals surface area contributed by atoms with Crippen molar-refractivity contribution in [3.63, 3.8) is 0 Å². The Labute approximate surface area is 179 Å². The summed E-state index contributed by atoms with van der Waals surface area (Å²) in [5.74, 6) is -0.665. The smallest absolute Gasteiger partial charge is 0.337 e. The van der Waals surface area contributed by atoms with Gasteiger partial charge < -0.3 is 10.4 Å². The number of rotatable bonds is 6. The summed E-state index contributed by atoms with van der Waals surface area (Å²) < 4.78 is 0. The summed E-state index contributed by atoms with van der Waals surface area (Å²) in [6.45, 7) is 0.490. The molecule has 3 aromatic rings. The normalized spacial score (nSPS) is 19.4. The van der Waals surface area contributed by atoms with Gasteiger partial charge in [-0.25, -0.2) is 9.79 Å². The van der Waals surface area contributed by atoms with Gasteiger partial charge >= 0.3 is 5.97 Å². The second-order valence-corrected chi connectivity index (χ2v) is 7.24. The van der Waals surface area contributed by atoms with E-state index in [9.17, 15) is 9.90 Å². The molecule has 3 aromatic carbocycles. The summed E-state index contributed by atoms with van der Waals surface area (Å²) in [4.78, 5) is 22.0. The lowest BCUT2D eigenvalue weighted by atomic mass is 9.95. The number of halogens is 1. The van der Waals surface area contributed by atoms with Crippen molar-refractivity contribution in [1.82, 2.24) is 5.48 Å². The lowest BCUT2D eigenvalue weighted by molar-refractivity contribution is 0.0296. The monoisotopic (exact) mass is 421 g/mol. The van der Waals surface area contributed by atoms with Gasteiger partial charge in [0.2, 0.25) is 0 Å². The molecule has 1 saturated heterocycles. The van der Waals surface area contributed by atoms with Crippen molar-refractivity contribution < 1.29 is 14.7 Å². The molecule has 0 radical (unpaired) electrons. The Balaban J connectivity index is 1.67. The maximum atomic E-state index is 11.6. The van der Waals surface area contributed by atoms with E-state index in [1.807, 2.05) is 54.6 Å². The number of aliphatic imine (C=N–C) groups is 1. The molecule has 1 heterocycles. The van der Waals surface area contributed by atoms with Gasteiger partial charge in [0.25, 0.3) is 0 Å². The molecule has 2 unspecified atom stereocenters. The quantitative estimate of drug-likeness (QED) is 0.517. The molecule has 1 aliphatic rings. The molecule has 152 valence electrons. The molecule has 1 aliphatic heterocycles. The number of benzene rings is 3. The van der Waals surface area contributed by atoms with Crippen LogP contribution in [-0.2, 0) is 4.84 Å². The summed E-state index contributed by atoms with van der Waals surface area (Å²) in [6.07, 6.45) is -0.295. The number of amidine groups is 1. The van der Waals surface area contributed by atoms with Crippen molar-refractivity contribution >= 4 is 34.8 Å². The van der Waals surface area contributed by atoms with Crippen molar-refractivity contribution in [1.29, 1.82) is 0 Å². The minimum atomic E-state index is -1.03. The predicted molar refractivity (Wildman–Crippen MR) is 117 cm³/mol. The number of para-hydroxylation sites is 2. The van der Waals surface area contributed by atoms with Crippen LogP contribution >= 0.6 is 11.6 Å². The Morgan fingerprint density at radius 2 is 1.73 bits per heavy atom. The number of hydrogen-bond donors (Lipinski definition) is 3. The summed E-state index contributed by atoms with van der Waals surface area (Å²) in [7, 11) is 0. The number of hydroxylamine groups is 1. The van der Waals surface area contributed by atoms with E-state index >= 15 is 0 Å². The largest absolute Gasteiger partial charge is 0.478 e. The topological polar surface area (TPSA) is 83.0 Å². The lowest BCUT2D eigenvalue weighted by Crippen LogP contribution is -2.26.